The summed E-state index contributed by atoms with van der Waals surface area (Å²) in [6.45, 7) is 1.27. The highest BCUT2D eigenvalue weighted by Crippen LogP contribution is 2.37. The molecule has 3 rings (SSSR count). The number of benzene rings is 1. The van der Waals surface area contributed by atoms with E-state index in [9.17, 15) is 9.18 Å². The van der Waals surface area contributed by atoms with Crippen LogP contribution in [0.3, 0.4) is 0 Å². The molecule has 1 aliphatic rings. The Morgan fingerprint density at radius 3 is 3.05 bits per heavy atom. The largest absolute Gasteiger partial charge is 0.396 e. The van der Waals surface area contributed by atoms with Crippen molar-refractivity contribution in [3.63, 3.8) is 0 Å². The molecule has 2 aromatic rings. The summed E-state index contributed by atoms with van der Waals surface area (Å²) in [7, 11) is 0. The summed E-state index contributed by atoms with van der Waals surface area (Å²) >= 11 is 7.46. The first kappa shape index (κ1) is 13.8. The second-order valence-corrected chi connectivity index (χ2v) is 6.40. The molecular weight excluding hydrogens is 301 g/mol. The van der Waals surface area contributed by atoms with Crippen LogP contribution in [0.2, 0.25) is 5.02 Å². The first-order chi connectivity index (χ1) is 9.60. The summed E-state index contributed by atoms with van der Waals surface area (Å²) < 4.78 is 13.9. The lowest BCUT2D eigenvalue weighted by Crippen LogP contribution is -2.28. The van der Waals surface area contributed by atoms with Gasteiger partial charge in [0.25, 0.3) is 5.91 Å². The fraction of sp³-hybridized carbons (Fsp3) is 0.357. The maximum atomic E-state index is 13.2. The molecule has 0 radical (unpaired) electrons. The molecule has 1 aromatic heterocycles. The van der Waals surface area contributed by atoms with E-state index >= 15 is 0 Å². The Balaban J connectivity index is 1.94. The van der Waals surface area contributed by atoms with Crippen LogP contribution in [-0.4, -0.2) is 35.6 Å². The minimum Gasteiger partial charge on any atom is -0.396 e. The summed E-state index contributed by atoms with van der Waals surface area (Å²) in [5.74, 6) is -0.326. The van der Waals surface area contributed by atoms with Gasteiger partial charge in [-0.25, -0.2) is 4.39 Å². The Hall–Kier alpha value is -1.17. The van der Waals surface area contributed by atoms with Gasteiger partial charge in [0, 0.05) is 35.7 Å². The first-order valence-electron chi connectivity index (χ1n) is 6.38. The highest BCUT2D eigenvalue weighted by molar-refractivity contribution is 7.21. The summed E-state index contributed by atoms with van der Waals surface area (Å²) in [5, 5.41) is 10.2. The molecule has 0 spiro atoms. The maximum Gasteiger partial charge on any atom is 0.265 e. The van der Waals surface area contributed by atoms with Gasteiger partial charge in [-0.1, -0.05) is 11.6 Å². The third-order valence-corrected chi connectivity index (χ3v) is 5.26. The zero-order chi connectivity index (χ0) is 14.3. The van der Waals surface area contributed by atoms with Gasteiger partial charge in [-0.15, -0.1) is 11.3 Å². The quantitative estimate of drug-likeness (QED) is 0.925. The minimum absolute atomic E-state index is 0.0924. The molecule has 0 aliphatic carbocycles. The number of likely N-dealkylation sites (tertiary alicyclic amines) is 1. The molecule has 106 valence electrons. The predicted molar refractivity (Wildman–Crippen MR) is 77.9 cm³/mol. The lowest BCUT2D eigenvalue weighted by atomic mass is 10.1. The van der Waals surface area contributed by atoms with Crippen LogP contribution in [0.25, 0.3) is 10.1 Å². The molecular formula is C14H13ClFNO2S. The van der Waals surface area contributed by atoms with E-state index in [0.29, 0.717) is 33.1 Å². The van der Waals surface area contributed by atoms with Gasteiger partial charge in [-0.3, -0.25) is 4.79 Å². The Kier molecular flexibility index (Phi) is 3.67. The summed E-state index contributed by atoms with van der Waals surface area (Å²) in [4.78, 5) is 14.6. The normalized spacial score (nSPS) is 18.9. The monoisotopic (exact) mass is 313 g/mol. The third-order valence-electron chi connectivity index (χ3n) is 3.62. The van der Waals surface area contributed by atoms with Crippen LogP contribution >= 0.6 is 22.9 Å². The van der Waals surface area contributed by atoms with Crippen LogP contribution in [0.5, 0.6) is 0 Å². The van der Waals surface area contributed by atoms with Crippen LogP contribution in [0, 0.1) is 11.7 Å². The van der Waals surface area contributed by atoms with Crippen molar-refractivity contribution in [1.29, 1.82) is 0 Å². The van der Waals surface area contributed by atoms with Gasteiger partial charge in [0.2, 0.25) is 0 Å². The zero-order valence-electron chi connectivity index (χ0n) is 10.6. The fourth-order valence-electron chi connectivity index (χ4n) is 2.49. The molecule has 20 heavy (non-hydrogen) atoms. The fourth-order valence-corrected chi connectivity index (χ4v) is 3.99. The van der Waals surface area contributed by atoms with E-state index < -0.39 is 0 Å². The standard InChI is InChI=1S/C14H13ClFNO2S/c15-12-10-2-1-9(16)5-11(10)20-13(12)14(19)17-4-3-8(6-17)7-18/h1-2,5,8,18H,3-4,6-7H2. The number of fused-ring (bicyclic) bond motifs is 1. The molecule has 6 heteroatoms. The van der Waals surface area contributed by atoms with Gasteiger partial charge in [0.15, 0.2) is 0 Å². The van der Waals surface area contributed by atoms with Crippen LogP contribution in [0.1, 0.15) is 16.1 Å². The molecule has 1 unspecified atom stereocenters. The van der Waals surface area contributed by atoms with Crippen molar-refractivity contribution in [2.75, 3.05) is 19.7 Å². The summed E-state index contributed by atoms with van der Waals surface area (Å²) in [5.41, 5.74) is 0. The lowest BCUT2D eigenvalue weighted by Gasteiger charge is -2.15. The maximum absolute atomic E-state index is 13.2. The van der Waals surface area contributed by atoms with Crippen LogP contribution in [-0.2, 0) is 0 Å². The molecule has 0 bridgehead atoms. The summed E-state index contributed by atoms with van der Waals surface area (Å²) in [6.07, 6.45) is 0.805. The van der Waals surface area contributed by atoms with Gasteiger partial charge >= 0.3 is 0 Å². The van der Waals surface area contributed by atoms with E-state index in [1.807, 2.05) is 0 Å². The molecule has 1 saturated heterocycles. The van der Waals surface area contributed by atoms with E-state index in [2.05, 4.69) is 0 Å². The second kappa shape index (κ2) is 5.31. The van der Waals surface area contributed by atoms with Crippen molar-refractivity contribution >= 4 is 38.9 Å². The number of thiophene rings is 1. The Bertz CT molecular complexity index is 672. The zero-order valence-corrected chi connectivity index (χ0v) is 12.2. The lowest BCUT2D eigenvalue weighted by molar-refractivity contribution is 0.0787. The van der Waals surface area contributed by atoms with Crippen molar-refractivity contribution in [2.45, 2.75) is 6.42 Å². The number of carbonyl (C=O) groups excluding carboxylic acids is 1. The molecule has 1 amide bonds. The van der Waals surface area contributed by atoms with Gasteiger partial charge < -0.3 is 10.0 Å². The van der Waals surface area contributed by atoms with Crippen molar-refractivity contribution in [1.82, 2.24) is 4.90 Å². The molecule has 1 aliphatic heterocycles. The highest BCUT2D eigenvalue weighted by Gasteiger charge is 2.29. The molecule has 3 nitrogen and oxygen atoms in total. The van der Waals surface area contributed by atoms with E-state index in [0.717, 1.165) is 6.42 Å². The number of nitrogens with zero attached hydrogens (tertiary/aromatic N) is 1. The van der Waals surface area contributed by atoms with Crippen molar-refractivity contribution < 1.29 is 14.3 Å². The number of hydrogen-bond donors (Lipinski definition) is 1. The van der Waals surface area contributed by atoms with Crippen LogP contribution < -0.4 is 0 Å². The van der Waals surface area contributed by atoms with Crippen molar-refractivity contribution in [3.05, 3.63) is 33.9 Å². The first-order valence-corrected chi connectivity index (χ1v) is 7.57. The van der Waals surface area contributed by atoms with E-state index in [1.54, 1.807) is 11.0 Å². The SMILES string of the molecule is O=C(c1sc2cc(F)ccc2c1Cl)N1CCC(CO)C1. The minimum atomic E-state index is -0.337. The van der Waals surface area contributed by atoms with Gasteiger partial charge in [-0.05, 0) is 24.6 Å². The Morgan fingerprint density at radius 2 is 2.35 bits per heavy atom. The average molecular weight is 314 g/mol. The highest BCUT2D eigenvalue weighted by atomic mass is 35.5. The number of halogens is 2. The predicted octanol–water partition coefficient (Wildman–Crippen LogP) is 3.15. The number of amides is 1. The van der Waals surface area contributed by atoms with Gasteiger partial charge in [0.05, 0.1) is 5.02 Å². The number of carbonyl (C=O) groups is 1. The molecule has 1 fully saturated rings. The summed E-state index contributed by atoms with van der Waals surface area (Å²) in [6, 6.07) is 4.33. The molecule has 0 saturated carbocycles. The molecule has 1 aromatic carbocycles. The smallest absolute Gasteiger partial charge is 0.265 e. The molecule has 2 heterocycles. The van der Waals surface area contributed by atoms with Gasteiger partial charge in [0.1, 0.15) is 10.7 Å². The average Bonchev–Trinajstić information content (AvgIpc) is 3.03. The van der Waals surface area contributed by atoms with Crippen molar-refractivity contribution in [2.24, 2.45) is 5.92 Å². The van der Waals surface area contributed by atoms with E-state index in [4.69, 9.17) is 16.7 Å². The Morgan fingerprint density at radius 1 is 1.55 bits per heavy atom. The van der Waals surface area contributed by atoms with E-state index in [1.165, 1.54) is 23.5 Å². The van der Waals surface area contributed by atoms with Crippen molar-refractivity contribution in [3.8, 4) is 0 Å². The molecule has 1 atom stereocenters. The number of aliphatic hydroxyl groups excluding tert-OH is 1. The van der Waals surface area contributed by atoms with E-state index in [-0.39, 0.29) is 24.2 Å². The van der Waals surface area contributed by atoms with Crippen LogP contribution in [0.4, 0.5) is 4.39 Å². The second-order valence-electron chi connectivity index (χ2n) is 4.97. The number of aliphatic hydroxyl groups is 1. The number of hydrogen-bond acceptors (Lipinski definition) is 3. The Labute approximate surface area is 124 Å². The van der Waals surface area contributed by atoms with Gasteiger partial charge in [-0.2, -0.15) is 0 Å². The molecule has 1 N–H and O–H groups in total. The topological polar surface area (TPSA) is 40.5 Å². The van der Waals surface area contributed by atoms with Crippen LogP contribution in [0.15, 0.2) is 18.2 Å². The number of rotatable bonds is 2. The third kappa shape index (κ3) is 2.30.